The van der Waals surface area contributed by atoms with Crippen LogP contribution < -0.4 is 10.6 Å². The van der Waals surface area contributed by atoms with Gasteiger partial charge in [-0.15, -0.1) is 0 Å². The van der Waals surface area contributed by atoms with Gasteiger partial charge in [-0.1, -0.05) is 12.1 Å². The van der Waals surface area contributed by atoms with Crippen LogP contribution in [0.2, 0.25) is 0 Å². The van der Waals surface area contributed by atoms with Gasteiger partial charge in [0.2, 0.25) is 0 Å². The summed E-state index contributed by atoms with van der Waals surface area (Å²) < 4.78 is 12.8. The van der Waals surface area contributed by atoms with Crippen molar-refractivity contribution in [2.45, 2.75) is 45.2 Å². The van der Waals surface area contributed by atoms with Gasteiger partial charge in [0.25, 0.3) is 0 Å². The molecule has 1 rings (SSSR count). The molecule has 1 aromatic rings. The normalized spacial score (nSPS) is 12.6. The summed E-state index contributed by atoms with van der Waals surface area (Å²) in [5, 5.41) is 14.1. The van der Waals surface area contributed by atoms with Crippen molar-refractivity contribution in [1.82, 2.24) is 10.6 Å². The fourth-order valence-electron chi connectivity index (χ4n) is 1.86. The maximum atomic E-state index is 12.8. The lowest BCUT2D eigenvalue weighted by Gasteiger charge is -2.27. The van der Waals surface area contributed by atoms with Crippen molar-refractivity contribution in [2.75, 3.05) is 0 Å². The van der Waals surface area contributed by atoms with E-state index in [0.29, 0.717) is 6.42 Å². The summed E-state index contributed by atoms with van der Waals surface area (Å²) in [6.45, 7) is 5.31. The van der Waals surface area contributed by atoms with Crippen molar-refractivity contribution in [3.05, 3.63) is 35.6 Å². The lowest BCUT2D eigenvalue weighted by atomic mass is 9.99. The van der Waals surface area contributed by atoms with E-state index in [0.717, 1.165) is 5.56 Å². The van der Waals surface area contributed by atoms with E-state index in [1.807, 2.05) is 0 Å². The van der Waals surface area contributed by atoms with E-state index in [-0.39, 0.29) is 24.3 Å². The highest BCUT2D eigenvalue weighted by Gasteiger charge is 2.22. The Bertz CT molecular complexity index is 500. The summed E-state index contributed by atoms with van der Waals surface area (Å²) in [5.74, 6) is -1.23. The zero-order valence-electron chi connectivity index (χ0n) is 12.4. The molecule has 1 atom stereocenters. The molecule has 0 radical (unpaired) electrons. The fraction of sp³-hybridized carbons (Fsp3) is 0.467. The zero-order valence-corrected chi connectivity index (χ0v) is 12.4. The number of benzene rings is 1. The monoisotopic (exact) mass is 296 g/mol. The number of amides is 2. The SMILES string of the molecule is CC(NC(=O)NC(C)(C)CCC(=O)O)c1ccc(F)cc1. The van der Waals surface area contributed by atoms with E-state index >= 15 is 0 Å². The summed E-state index contributed by atoms with van der Waals surface area (Å²) in [4.78, 5) is 22.5. The largest absolute Gasteiger partial charge is 0.481 e. The number of carbonyl (C=O) groups is 2. The van der Waals surface area contributed by atoms with E-state index in [9.17, 15) is 14.0 Å². The Labute approximate surface area is 123 Å². The van der Waals surface area contributed by atoms with Crippen LogP contribution in [0.25, 0.3) is 0 Å². The second-order valence-electron chi connectivity index (χ2n) is 5.65. The molecule has 0 aliphatic carbocycles. The van der Waals surface area contributed by atoms with Crippen LogP contribution in [0.3, 0.4) is 0 Å². The first kappa shape index (κ1) is 16.9. The highest BCUT2D eigenvalue weighted by atomic mass is 19.1. The van der Waals surface area contributed by atoms with Gasteiger partial charge in [0.1, 0.15) is 5.82 Å². The van der Waals surface area contributed by atoms with Gasteiger partial charge in [-0.05, 0) is 44.9 Å². The van der Waals surface area contributed by atoms with E-state index in [2.05, 4.69) is 10.6 Å². The number of halogens is 1. The van der Waals surface area contributed by atoms with Crippen molar-refractivity contribution >= 4 is 12.0 Å². The summed E-state index contributed by atoms with van der Waals surface area (Å²) in [7, 11) is 0. The van der Waals surface area contributed by atoms with Crippen LogP contribution in [0.5, 0.6) is 0 Å². The highest BCUT2D eigenvalue weighted by Crippen LogP contribution is 2.14. The Morgan fingerprint density at radius 1 is 1.29 bits per heavy atom. The predicted octanol–water partition coefficient (Wildman–Crippen LogP) is 2.83. The van der Waals surface area contributed by atoms with Crippen molar-refractivity contribution in [3.8, 4) is 0 Å². The Hall–Kier alpha value is -2.11. The number of aliphatic carboxylic acids is 1. The summed E-state index contributed by atoms with van der Waals surface area (Å²) >= 11 is 0. The number of urea groups is 1. The third kappa shape index (κ3) is 6.25. The molecular formula is C15H21FN2O3. The van der Waals surface area contributed by atoms with Crippen LogP contribution in [0, 0.1) is 5.82 Å². The maximum absolute atomic E-state index is 12.8. The molecule has 0 heterocycles. The average molecular weight is 296 g/mol. The zero-order chi connectivity index (χ0) is 16.0. The second-order valence-corrected chi connectivity index (χ2v) is 5.65. The number of carbonyl (C=O) groups excluding carboxylic acids is 1. The van der Waals surface area contributed by atoms with Gasteiger partial charge in [-0.2, -0.15) is 0 Å². The minimum atomic E-state index is -0.898. The van der Waals surface area contributed by atoms with E-state index < -0.39 is 11.5 Å². The topological polar surface area (TPSA) is 78.4 Å². The van der Waals surface area contributed by atoms with Crippen LogP contribution in [0.15, 0.2) is 24.3 Å². The predicted molar refractivity (Wildman–Crippen MR) is 77.4 cm³/mol. The van der Waals surface area contributed by atoms with Crippen molar-refractivity contribution < 1.29 is 19.1 Å². The minimum absolute atomic E-state index is 0.0131. The summed E-state index contributed by atoms with van der Waals surface area (Å²) in [6.07, 6.45) is 0.321. The minimum Gasteiger partial charge on any atom is -0.481 e. The summed E-state index contributed by atoms with van der Waals surface area (Å²) in [6, 6.07) is 5.22. The van der Waals surface area contributed by atoms with Gasteiger partial charge in [-0.25, -0.2) is 9.18 Å². The number of hydrogen-bond donors (Lipinski definition) is 3. The molecule has 0 saturated carbocycles. The third-order valence-electron chi connectivity index (χ3n) is 3.13. The van der Waals surface area contributed by atoms with E-state index in [1.165, 1.54) is 12.1 Å². The standard InChI is InChI=1S/C15H21FN2O3/c1-10(11-4-6-12(16)7-5-11)17-14(21)18-15(2,3)9-8-13(19)20/h4-7,10H,8-9H2,1-3H3,(H,19,20)(H2,17,18,21). The van der Waals surface area contributed by atoms with E-state index in [1.54, 1.807) is 32.9 Å². The van der Waals surface area contributed by atoms with Gasteiger partial charge in [0.15, 0.2) is 0 Å². The van der Waals surface area contributed by atoms with Crippen LogP contribution in [0.1, 0.15) is 45.2 Å². The molecule has 0 aliphatic rings. The Kier molecular flexibility index (Phi) is 5.69. The van der Waals surface area contributed by atoms with Crippen LogP contribution in [-0.2, 0) is 4.79 Å². The number of nitrogens with one attached hydrogen (secondary N) is 2. The first-order valence-corrected chi connectivity index (χ1v) is 6.75. The molecule has 0 fully saturated rings. The second kappa shape index (κ2) is 7.06. The summed E-state index contributed by atoms with van der Waals surface area (Å²) in [5.41, 5.74) is 0.167. The molecule has 21 heavy (non-hydrogen) atoms. The molecule has 2 amide bonds. The number of hydrogen-bond acceptors (Lipinski definition) is 2. The molecule has 0 saturated heterocycles. The maximum Gasteiger partial charge on any atom is 0.315 e. The Morgan fingerprint density at radius 2 is 1.86 bits per heavy atom. The first-order chi connectivity index (χ1) is 9.69. The lowest BCUT2D eigenvalue weighted by molar-refractivity contribution is -0.137. The third-order valence-corrected chi connectivity index (χ3v) is 3.13. The number of rotatable bonds is 6. The molecule has 0 spiro atoms. The van der Waals surface area contributed by atoms with Crippen molar-refractivity contribution in [2.24, 2.45) is 0 Å². The molecule has 0 aliphatic heterocycles. The van der Waals surface area contributed by atoms with Crippen molar-refractivity contribution in [3.63, 3.8) is 0 Å². The highest BCUT2D eigenvalue weighted by molar-refractivity contribution is 5.75. The molecule has 5 nitrogen and oxygen atoms in total. The van der Waals surface area contributed by atoms with E-state index in [4.69, 9.17) is 5.11 Å². The molecule has 3 N–H and O–H groups in total. The van der Waals surface area contributed by atoms with Gasteiger partial charge in [0, 0.05) is 12.0 Å². The van der Waals surface area contributed by atoms with Crippen LogP contribution in [0.4, 0.5) is 9.18 Å². The molecule has 0 bridgehead atoms. The molecule has 0 aromatic heterocycles. The Balaban J connectivity index is 2.52. The Morgan fingerprint density at radius 3 is 2.38 bits per heavy atom. The van der Waals surface area contributed by atoms with Gasteiger partial charge >= 0.3 is 12.0 Å². The van der Waals surface area contributed by atoms with Gasteiger partial charge < -0.3 is 15.7 Å². The smallest absolute Gasteiger partial charge is 0.315 e. The molecule has 1 unspecified atom stereocenters. The number of carboxylic acid groups (broad SMARTS) is 1. The molecule has 1 aromatic carbocycles. The van der Waals surface area contributed by atoms with Crippen LogP contribution >= 0.6 is 0 Å². The fourth-order valence-corrected chi connectivity index (χ4v) is 1.86. The van der Waals surface area contributed by atoms with Crippen LogP contribution in [-0.4, -0.2) is 22.6 Å². The van der Waals surface area contributed by atoms with Crippen molar-refractivity contribution in [1.29, 1.82) is 0 Å². The number of carboxylic acids is 1. The molecular weight excluding hydrogens is 275 g/mol. The quantitative estimate of drug-likeness (QED) is 0.755. The van der Waals surface area contributed by atoms with Gasteiger partial charge in [0.05, 0.1) is 6.04 Å². The molecule has 6 heteroatoms. The molecule has 116 valence electrons. The van der Waals surface area contributed by atoms with Gasteiger partial charge in [-0.3, -0.25) is 4.79 Å². The average Bonchev–Trinajstić information content (AvgIpc) is 2.36. The lowest BCUT2D eigenvalue weighted by Crippen LogP contribution is -2.49. The first-order valence-electron chi connectivity index (χ1n) is 6.75.